The molecule has 1 saturated heterocycles. The van der Waals surface area contributed by atoms with Gasteiger partial charge >= 0.3 is 12.0 Å². The number of ether oxygens (including phenoxy) is 1. The van der Waals surface area contributed by atoms with Gasteiger partial charge in [-0.3, -0.25) is 4.79 Å². The Hall–Kier alpha value is -1.30. The molecule has 1 fully saturated rings. The van der Waals surface area contributed by atoms with Crippen molar-refractivity contribution >= 4 is 12.0 Å². The smallest absolute Gasteiger partial charge is 0.317 e. The summed E-state index contributed by atoms with van der Waals surface area (Å²) in [6.07, 6.45) is 1.90. The average Bonchev–Trinajstić information content (AvgIpc) is 2.37. The highest BCUT2D eigenvalue weighted by atomic mass is 16.5. The lowest BCUT2D eigenvalue weighted by Gasteiger charge is -2.36. The zero-order valence-electron chi connectivity index (χ0n) is 13.5. The van der Waals surface area contributed by atoms with Crippen molar-refractivity contribution in [1.82, 2.24) is 10.2 Å². The van der Waals surface area contributed by atoms with E-state index in [0.717, 1.165) is 12.8 Å². The Bertz CT molecular complexity index is 363. The normalized spacial score (nSPS) is 21.0. The number of hydrogen-bond donors (Lipinski definition) is 2. The number of hydrogen-bond acceptors (Lipinski definition) is 3. The van der Waals surface area contributed by atoms with Crippen molar-refractivity contribution in [3.63, 3.8) is 0 Å². The third-order valence-electron chi connectivity index (χ3n) is 3.79. The van der Waals surface area contributed by atoms with E-state index in [1.165, 1.54) is 0 Å². The van der Waals surface area contributed by atoms with E-state index in [0.29, 0.717) is 19.7 Å². The van der Waals surface area contributed by atoms with E-state index in [4.69, 9.17) is 9.84 Å². The van der Waals surface area contributed by atoms with Crippen LogP contribution in [0.5, 0.6) is 0 Å². The number of carboxylic acids is 1. The Morgan fingerprint density at radius 1 is 1.43 bits per heavy atom. The topological polar surface area (TPSA) is 78.9 Å². The summed E-state index contributed by atoms with van der Waals surface area (Å²) in [4.78, 5) is 25.0. The SMILES string of the molecule is CCOC1CCCN(C(=O)NC(CC(=O)O)C(C)(C)C)C1. The first-order chi connectivity index (χ1) is 9.74. The molecule has 0 radical (unpaired) electrons. The highest BCUT2D eigenvalue weighted by Crippen LogP contribution is 2.22. The molecule has 2 unspecified atom stereocenters. The highest BCUT2D eigenvalue weighted by Gasteiger charge is 2.31. The molecule has 0 aromatic heterocycles. The van der Waals surface area contributed by atoms with Crippen LogP contribution in [-0.2, 0) is 9.53 Å². The molecule has 1 rings (SSSR count). The van der Waals surface area contributed by atoms with Crippen LogP contribution >= 0.6 is 0 Å². The molecule has 2 amide bonds. The van der Waals surface area contributed by atoms with E-state index in [-0.39, 0.29) is 24.0 Å². The third kappa shape index (κ3) is 5.91. The fraction of sp³-hybridized carbons (Fsp3) is 0.867. The van der Waals surface area contributed by atoms with Crippen LogP contribution in [-0.4, -0.2) is 53.8 Å². The number of piperidine rings is 1. The van der Waals surface area contributed by atoms with Gasteiger partial charge in [0, 0.05) is 25.7 Å². The van der Waals surface area contributed by atoms with Crippen LogP contribution in [0.1, 0.15) is 47.0 Å². The van der Waals surface area contributed by atoms with Crippen molar-refractivity contribution < 1.29 is 19.4 Å². The summed E-state index contributed by atoms with van der Waals surface area (Å²) in [7, 11) is 0. The van der Waals surface area contributed by atoms with E-state index in [1.54, 1.807) is 4.90 Å². The quantitative estimate of drug-likeness (QED) is 0.815. The summed E-state index contributed by atoms with van der Waals surface area (Å²) < 4.78 is 5.58. The maximum Gasteiger partial charge on any atom is 0.317 e. The zero-order chi connectivity index (χ0) is 16.0. The minimum Gasteiger partial charge on any atom is -0.481 e. The molecular weight excluding hydrogens is 272 g/mol. The molecule has 0 spiro atoms. The summed E-state index contributed by atoms with van der Waals surface area (Å²) in [6, 6.07) is -0.587. The van der Waals surface area contributed by atoms with Gasteiger partial charge in [-0.15, -0.1) is 0 Å². The van der Waals surface area contributed by atoms with Crippen LogP contribution in [0, 0.1) is 5.41 Å². The van der Waals surface area contributed by atoms with Gasteiger partial charge in [0.15, 0.2) is 0 Å². The first-order valence-electron chi connectivity index (χ1n) is 7.63. The highest BCUT2D eigenvalue weighted by molar-refractivity contribution is 5.76. The zero-order valence-corrected chi connectivity index (χ0v) is 13.5. The van der Waals surface area contributed by atoms with Crippen LogP contribution in [0.3, 0.4) is 0 Å². The summed E-state index contributed by atoms with van der Waals surface area (Å²) in [5.41, 5.74) is -0.302. The summed E-state index contributed by atoms with van der Waals surface area (Å²) in [5.74, 6) is -0.902. The molecule has 1 aliphatic rings. The molecule has 122 valence electrons. The Morgan fingerprint density at radius 2 is 2.10 bits per heavy atom. The Kier molecular flexibility index (Phi) is 6.45. The maximum absolute atomic E-state index is 12.4. The second kappa shape index (κ2) is 7.64. The molecule has 6 nitrogen and oxygen atoms in total. The van der Waals surface area contributed by atoms with Crippen LogP contribution < -0.4 is 5.32 Å². The number of nitrogens with zero attached hydrogens (tertiary/aromatic N) is 1. The van der Waals surface area contributed by atoms with Crippen molar-refractivity contribution in [2.75, 3.05) is 19.7 Å². The third-order valence-corrected chi connectivity index (χ3v) is 3.79. The van der Waals surface area contributed by atoms with E-state index in [9.17, 15) is 9.59 Å². The van der Waals surface area contributed by atoms with Crippen molar-refractivity contribution in [2.24, 2.45) is 5.41 Å². The number of likely N-dealkylation sites (tertiary alicyclic amines) is 1. The lowest BCUT2D eigenvalue weighted by Crippen LogP contribution is -2.53. The van der Waals surface area contributed by atoms with Crippen molar-refractivity contribution in [1.29, 1.82) is 0 Å². The fourth-order valence-corrected chi connectivity index (χ4v) is 2.48. The molecule has 2 N–H and O–H groups in total. The number of rotatable bonds is 5. The van der Waals surface area contributed by atoms with E-state index in [1.807, 2.05) is 27.7 Å². The second-order valence-corrected chi connectivity index (χ2v) is 6.63. The van der Waals surface area contributed by atoms with Crippen LogP contribution in [0.15, 0.2) is 0 Å². The van der Waals surface area contributed by atoms with Crippen LogP contribution in [0.25, 0.3) is 0 Å². The van der Waals surface area contributed by atoms with Gasteiger partial charge < -0.3 is 20.1 Å². The lowest BCUT2D eigenvalue weighted by molar-refractivity contribution is -0.138. The largest absolute Gasteiger partial charge is 0.481 e. The van der Waals surface area contributed by atoms with Gasteiger partial charge in [-0.25, -0.2) is 4.79 Å². The van der Waals surface area contributed by atoms with Gasteiger partial charge in [-0.1, -0.05) is 20.8 Å². The molecule has 6 heteroatoms. The average molecular weight is 300 g/mol. The monoisotopic (exact) mass is 300 g/mol. The molecule has 1 aliphatic heterocycles. The predicted octanol–water partition coefficient (Wildman–Crippen LogP) is 2.09. The van der Waals surface area contributed by atoms with Gasteiger partial charge in [0.1, 0.15) is 0 Å². The van der Waals surface area contributed by atoms with Gasteiger partial charge in [-0.05, 0) is 25.2 Å². The van der Waals surface area contributed by atoms with Gasteiger partial charge in [-0.2, -0.15) is 0 Å². The summed E-state index contributed by atoms with van der Waals surface area (Å²) in [6.45, 7) is 9.65. The Labute approximate surface area is 126 Å². The molecule has 0 aromatic rings. The number of urea groups is 1. The van der Waals surface area contributed by atoms with Gasteiger partial charge in [0.05, 0.1) is 12.5 Å². The Balaban J connectivity index is 2.62. The minimum atomic E-state index is -0.902. The molecular formula is C15H28N2O4. The minimum absolute atomic E-state index is 0.0715. The molecule has 0 aliphatic carbocycles. The van der Waals surface area contributed by atoms with Gasteiger partial charge in [0.25, 0.3) is 0 Å². The van der Waals surface area contributed by atoms with E-state index >= 15 is 0 Å². The first kappa shape index (κ1) is 17.8. The second-order valence-electron chi connectivity index (χ2n) is 6.63. The van der Waals surface area contributed by atoms with E-state index < -0.39 is 12.0 Å². The van der Waals surface area contributed by atoms with Crippen LogP contribution in [0.2, 0.25) is 0 Å². The molecule has 0 bridgehead atoms. The molecule has 2 atom stereocenters. The molecule has 0 saturated carbocycles. The predicted molar refractivity (Wildman–Crippen MR) is 80.2 cm³/mol. The maximum atomic E-state index is 12.4. The van der Waals surface area contributed by atoms with Crippen molar-refractivity contribution in [3.05, 3.63) is 0 Å². The number of carbonyl (C=O) groups is 2. The number of carboxylic acid groups (broad SMARTS) is 1. The summed E-state index contributed by atoms with van der Waals surface area (Å²) >= 11 is 0. The fourth-order valence-electron chi connectivity index (χ4n) is 2.48. The number of amides is 2. The van der Waals surface area contributed by atoms with Gasteiger partial charge in [0.2, 0.25) is 0 Å². The molecule has 0 aromatic carbocycles. The molecule has 21 heavy (non-hydrogen) atoms. The lowest BCUT2D eigenvalue weighted by atomic mass is 9.85. The van der Waals surface area contributed by atoms with E-state index in [2.05, 4.69) is 5.32 Å². The standard InChI is InChI=1S/C15H28N2O4/c1-5-21-11-7-6-8-17(10-11)14(20)16-12(9-13(18)19)15(2,3)4/h11-12H,5-10H2,1-4H3,(H,16,20)(H,18,19). The number of nitrogens with one attached hydrogen (secondary N) is 1. The Morgan fingerprint density at radius 3 is 2.62 bits per heavy atom. The van der Waals surface area contributed by atoms with Crippen LogP contribution in [0.4, 0.5) is 4.79 Å². The summed E-state index contributed by atoms with van der Waals surface area (Å²) in [5, 5.41) is 11.9. The molecule has 1 heterocycles. The van der Waals surface area contributed by atoms with Crippen molar-refractivity contribution in [3.8, 4) is 0 Å². The number of aliphatic carboxylic acids is 1. The number of carbonyl (C=O) groups excluding carboxylic acids is 1. The van der Waals surface area contributed by atoms with Crippen molar-refractivity contribution in [2.45, 2.75) is 59.1 Å². The first-order valence-corrected chi connectivity index (χ1v) is 7.63.